The van der Waals surface area contributed by atoms with Gasteiger partial charge in [0.2, 0.25) is 0 Å². The highest BCUT2D eigenvalue weighted by Gasteiger charge is 2.19. The Morgan fingerprint density at radius 3 is 2.62 bits per heavy atom. The first-order chi connectivity index (χ1) is 9.95. The maximum atomic E-state index is 5.97. The molecular weight excluding hydrogens is 260 g/mol. The third-order valence-corrected chi connectivity index (χ3v) is 3.38. The van der Waals surface area contributed by atoms with E-state index < -0.39 is 0 Å². The van der Waals surface area contributed by atoms with Gasteiger partial charge in [-0.1, -0.05) is 39.0 Å². The number of nitrogen functional groups attached to an aromatic ring is 1. The van der Waals surface area contributed by atoms with E-state index in [1.165, 1.54) is 0 Å². The Kier molecular flexibility index (Phi) is 3.09. The fraction of sp³-hybridized carbons (Fsp3) is 0.235. The van der Waals surface area contributed by atoms with Gasteiger partial charge in [-0.05, 0) is 11.5 Å². The number of aromatic nitrogens is 3. The first-order valence-corrected chi connectivity index (χ1v) is 6.93. The highest BCUT2D eigenvalue weighted by atomic mass is 15.0. The molecule has 4 nitrogen and oxygen atoms in total. The molecule has 3 aromatic rings. The van der Waals surface area contributed by atoms with Gasteiger partial charge in [-0.15, -0.1) is 0 Å². The topological polar surface area (TPSA) is 64.7 Å². The zero-order valence-corrected chi connectivity index (χ0v) is 12.5. The van der Waals surface area contributed by atoms with Crippen LogP contribution in [0, 0.1) is 0 Å². The fourth-order valence-electron chi connectivity index (χ4n) is 2.28. The van der Waals surface area contributed by atoms with Crippen LogP contribution in [0.15, 0.2) is 42.7 Å². The van der Waals surface area contributed by atoms with Gasteiger partial charge < -0.3 is 5.73 Å². The van der Waals surface area contributed by atoms with Gasteiger partial charge in [0.1, 0.15) is 11.6 Å². The van der Waals surface area contributed by atoms with Crippen LogP contribution in [0.5, 0.6) is 0 Å². The molecule has 2 aromatic heterocycles. The van der Waals surface area contributed by atoms with Crippen LogP contribution in [-0.4, -0.2) is 15.0 Å². The maximum Gasteiger partial charge on any atom is 0.136 e. The quantitative estimate of drug-likeness (QED) is 0.739. The zero-order valence-electron chi connectivity index (χ0n) is 12.5. The number of nitrogens with two attached hydrogens (primary N) is 1. The molecule has 0 unspecified atom stereocenters. The summed E-state index contributed by atoms with van der Waals surface area (Å²) in [5, 5.41) is 2.20. The first-order valence-electron chi connectivity index (χ1n) is 6.93. The molecule has 0 amide bonds. The normalized spacial score (nSPS) is 11.8. The lowest BCUT2D eigenvalue weighted by Crippen LogP contribution is -2.17. The predicted molar refractivity (Wildman–Crippen MR) is 85.9 cm³/mol. The Morgan fingerprint density at radius 1 is 1.05 bits per heavy atom. The Balaban J connectivity index is 2.26. The largest absolute Gasteiger partial charge is 0.384 e. The number of fused-ring (bicyclic) bond motifs is 1. The van der Waals surface area contributed by atoms with Crippen molar-refractivity contribution in [2.24, 2.45) is 0 Å². The van der Waals surface area contributed by atoms with Gasteiger partial charge in [0, 0.05) is 34.8 Å². The summed E-state index contributed by atoms with van der Waals surface area (Å²) < 4.78 is 0. The minimum Gasteiger partial charge on any atom is -0.384 e. The van der Waals surface area contributed by atoms with Crippen LogP contribution in [0.3, 0.4) is 0 Å². The second kappa shape index (κ2) is 4.81. The number of benzene rings is 1. The van der Waals surface area contributed by atoms with E-state index in [1.54, 1.807) is 6.20 Å². The van der Waals surface area contributed by atoms with Gasteiger partial charge >= 0.3 is 0 Å². The Labute approximate surface area is 124 Å². The van der Waals surface area contributed by atoms with Gasteiger partial charge in [-0.3, -0.25) is 4.98 Å². The van der Waals surface area contributed by atoms with Crippen LogP contribution in [0.2, 0.25) is 0 Å². The van der Waals surface area contributed by atoms with Crippen molar-refractivity contribution in [1.29, 1.82) is 0 Å². The van der Waals surface area contributed by atoms with E-state index >= 15 is 0 Å². The van der Waals surface area contributed by atoms with Crippen LogP contribution in [0.1, 0.15) is 26.6 Å². The van der Waals surface area contributed by atoms with Crippen LogP contribution >= 0.6 is 0 Å². The minimum atomic E-state index is -0.146. The molecular formula is C17H18N4. The fourth-order valence-corrected chi connectivity index (χ4v) is 2.28. The van der Waals surface area contributed by atoms with Gasteiger partial charge in [-0.25, -0.2) is 9.97 Å². The lowest BCUT2D eigenvalue weighted by molar-refractivity contribution is 0.547. The third kappa shape index (κ3) is 2.57. The van der Waals surface area contributed by atoms with Crippen LogP contribution in [-0.2, 0) is 5.41 Å². The van der Waals surface area contributed by atoms with Crippen molar-refractivity contribution in [3.8, 4) is 11.3 Å². The molecule has 3 rings (SSSR count). The highest BCUT2D eigenvalue weighted by molar-refractivity contribution is 5.95. The van der Waals surface area contributed by atoms with E-state index in [-0.39, 0.29) is 5.41 Å². The van der Waals surface area contributed by atoms with Crippen molar-refractivity contribution in [3.63, 3.8) is 0 Å². The van der Waals surface area contributed by atoms with E-state index in [4.69, 9.17) is 10.7 Å². The molecule has 0 atom stereocenters. The molecule has 1 aromatic carbocycles. The summed E-state index contributed by atoms with van der Waals surface area (Å²) in [6, 6.07) is 9.94. The Hall–Kier alpha value is -2.49. The van der Waals surface area contributed by atoms with Gasteiger partial charge in [0.25, 0.3) is 0 Å². The predicted octanol–water partition coefficient (Wildman–Crippen LogP) is 3.57. The van der Waals surface area contributed by atoms with E-state index in [0.29, 0.717) is 5.82 Å². The molecule has 0 aliphatic carbocycles. The maximum absolute atomic E-state index is 5.97. The number of anilines is 1. The van der Waals surface area contributed by atoms with Crippen molar-refractivity contribution < 1.29 is 0 Å². The first kappa shape index (κ1) is 13.5. The monoisotopic (exact) mass is 278 g/mol. The van der Waals surface area contributed by atoms with Crippen molar-refractivity contribution in [1.82, 2.24) is 15.0 Å². The second-order valence-electron chi connectivity index (χ2n) is 6.15. The third-order valence-electron chi connectivity index (χ3n) is 3.38. The molecule has 4 heteroatoms. The smallest absolute Gasteiger partial charge is 0.136 e. The summed E-state index contributed by atoms with van der Waals surface area (Å²) in [5.41, 5.74) is 7.69. The number of rotatable bonds is 1. The molecule has 0 saturated carbocycles. The van der Waals surface area contributed by atoms with E-state index in [0.717, 1.165) is 27.9 Å². The standard InChI is InChI=1S/C17H18N4/c1-17(2,3)16-20-14(9-15(18)21-16)12-6-4-5-11-7-8-19-10-13(11)12/h4-10H,1-3H3,(H2,18,20,21). The Morgan fingerprint density at radius 2 is 1.86 bits per heavy atom. The summed E-state index contributed by atoms with van der Waals surface area (Å²) in [6.45, 7) is 6.24. The average Bonchev–Trinajstić information content (AvgIpc) is 2.45. The minimum absolute atomic E-state index is 0.146. The number of pyridine rings is 1. The summed E-state index contributed by atoms with van der Waals surface area (Å²) in [5.74, 6) is 1.24. The molecule has 0 radical (unpaired) electrons. The van der Waals surface area contributed by atoms with Crippen LogP contribution < -0.4 is 5.73 Å². The molecule has 0 spiro atoms. The van der Waals surface area contributed by atoms with Crippen molar-refractivity contribution in [2.75, 3.05) is 5.73 Å². The molecule has 0 saturated heterocycles. The van der Waals surface area contributed by atoms with E-state index in [2.05, 4.69) is 36.8 Å². The van der Waals surface area contributed by atoms with Crippen LogP contribution in [0.25, 0.3) is 22.0 Å². The van der Waals surface area contributed by atoms with Crippen molar-refractivity contribution >= 4 is 16.6 Å². The summed E-state index contributed by atoms with van der Waals surface area (Å²) in [7, 11) is 0. The molecule has 21 heavy (non-hydrogen) atoms. The average molecular weight is 278 g/mol. The summed E-state index contributed by atoms with van der Waals surface area (Å²) in [6.07, 6.45) is 3.65. The van der Waals surface area contributed by atoms with Gasteiger partial charge in [-0.2, -0.15) is 0 Å². The van der Waals surface area contributed by atoms with Gasteiger partial charge in [0.05, 0.1) is 5.69 Å². The molecule has 2 N–H and O–H groups in total. The van der Waals surface area contributed by atoms with Crippen molar-refractivity contribution in [2.45, 2.75) is 26.2 Å². The molecule has 0 fully saturated rings. The summed E-state index contributed by atoms with van der Waals surface area (Å²) in [4.78, 5) is 13.3. The number of nitrogens with zero attached hydrogens (tertiary/aromatic N) is 3. The molecule has 0 bridgehead atoms. The SMILES string of the molecule is CC(C)(C)c1nc(N)cc(-c2cccc3ccncc23)n1. The number of hydrogen-bond acceptors (Lipinski definition) is 4. The molecule has 0 aliphatic heterocycles. The zero-order chi connectivity index (χ0) is 15.0. The van der Waals surface area contributed by atoms with E-state index in [1.807, 2.05) is 30.5 Å². The van der Waals surface area contributed by atoms with E-state index in [9.17, 15) is 0 Å². The molecule has 2 heterocycles. The molecule has 106 valence electrons. The lowest BCUT2D eigenvalue weighted by Gasteiger charge is -2.18. The Bertz CT molecular complexity index is 798. The van der Waals surface area contributed by atoms with Gasteiger partial charge in [0.15, 0.2) is 0 Å². The lowest BCUT2D eigenvalue weighted by atomic mass is 9.95. The molecule has 0 aliphatic rings. The highest BCUT2D eigenvalue weighted by Crippen LogP contribution is 2.29. The second-order valence-corrected chi connectivity index (χ2v) is 6.15. The number of hydrogen-bond donors (Lipinski definition) is 1. The summed E-state index contributed by atoms with van der Waals surface area (Å²) >= 11 is 0. The van der Waals surface area contributed by atoms with Crippen LogP contribution in [0.4, 0.5) is 5.82 Å². The van der Waals surface area contributed by atoms with Crippen molar-refractivity contribution in [3.05, 3.63) is 48.5 Å².